The molecule has 1 heterocycles. The van der Waals surface area contributed by atoms with E-state index in [0.717, 1.165) is 13.0 Å². The zero-order valence-electron chi connectivity index (χ0n) is 13.1. The van der Waals surface area contributed by atoms with Gasteiger partial charge in [0.15, 0.2) is 0 Å². The van der Waals surface area contributed by atoms with Crippen molar-refractivity contribution >= 4 is 11.7 Å². The summed E-state index contributed by atoms with van der Waals surface area (Å²) in [5.41, 5.74) is 0.412. The van der Waals surface area contributed by atoms with Gasteiger partial charge >= 0.3 is 6.03 Å². The van der Waals surface area contributed by atoms with Crippen LogP contribution in [-0.4, -0.2) is 50.8 Å². The van der Waals surface area contributed by atoms with Crippen LogP contribution in [-0.2, 0) is 4.74 Å². The van der Waals surface area contributed by atoms with E-state index in [1.165, 1.54) is 12.1 Å². The predicted octanol–water partition coefficient (Wildman–Crippen LogP) is 1.79. The maximum atomic E-state index is 13.4. The molecule has 1 fully saturated rings. The van der Waals surface area contributed by atoms with E-state index in [1.807, 2.05) is 6.07 Å². The standard InChI is InChI=1S/C16H21FN4O2/c1-21(10-12-5-8-23-11-12)16(22)20-7-6-19-15-4-2-3-14(17)13(15)9-18/h2-4,12,19H,5-8,10-11H2,1H3,(H,20,22). The van der Waals surface area contributed by atoms with Crippen LogP contribution in [0.2, 0.25) is 0 Å². The lowest BCUT2D eigenvalue weighted by atomic mass is 10.1. The van der Waals surface area contributed by atoms with Crippen LogP contribution >= 0.6 is 0 Å². The van der Waals surface area contributed by atoms with Crippen LogP contribution < -0.4 is 10.6 Å². The first-order chi connectivity index (χ1) is 11.1. The van der Waals surface area contributed by atoms with Crippen molar-refractivity contribution in [3.8, 4) is 6.07 Å². The first-order valence-corrected chi connectivity index (χ1v) is 7.61. The van der Waals surface area contributed by atoms with Crippen molar-refractivity contribution in [2.45, 2.75) is 6.42 Å². The lowest BCUT2D eigenvalue weighted by Crippen LogP contribution is -2.41. The molecule has 0 aliphatic carbocycles. The molecule has 23 heavy (non-hydrogen) atoms. The van der Waals surface area contributed by atoms with Crippen molar-refractivity contribution in [3.63, 3.8) is 0 Å². The number of carbonyl (C=O) groups excluding carboxylic acids is 1. The third-order valence-electron chi connectivity index (χ3n) is 3.74. The molecule has 1 aromatic carbocycles. The van der Waals surface area contributed by atoms with Gasteiger partial charge in [-0.05, 0) is 18.6 Å². The van der Waals surface area contributed by atoms with E-state index in [0.29, 0.717) is 37.8 Å². The second-order valence-electron chi connectivity index (χ2n) is 5.54. The molecule has 7 heteroatoms. The highest BCUT2D eigenvalue weighted by Gasteiger charge is 2.19. The number of ether oxygens (including phenoxy) is 1. The average molecular weight is 320 g/mol. The van der Waals surface area contributed by atoms with Crippen LogP contribution in [0.15, 0.2) is 18.2 Å². The van der Waals surface area contributed by atoms with Gasteiger partial charge in [-0.1, -0.05) is 6.07 Å². The number of anilines is 1. The zero-order chi connectivity index (χ0) is 16.7. The Kier molecular flexibility index (Phi) is 6.18. The molecule has 0 bridgehead atoms. The average Bonchev–Trinajstić information content (AvgIpc) is 3.04. The molecule has 1 aliphatic heterocycles. The third kappa shape index (κ3) is 4.83. The SMILES string of the molecule is CN(CC1CCOC1)C(=O)NCCNc1cccc(F)c1C#N. The maximum Gasteiger partial charge on any atom is 0.317 e. The molecule has 1 saturated heterocycles. The summed E-state index contributed by atoms with van der Waals surface area (Å²) < 4.78 is 18.7. The van der Waals surface area contributed by atoms with Crippen LogP contribution in [0, 0.1) is 23.1 Å². The summed E-state index contributed by atoms with van der Waals surface area (Å²) in [7, 11) is 1.75. The van der Waals surface area contributed by atoms with Gasteiger partial charge < -0.3 is 20.3 Å². The van der Waals surface area contributed by atoms with Crippen molar-refractivity contribution in [1.29, 1.82) is 5.26 Å². The zero-order valence-corrected chi connectivity index (χ0v) is 13.1. The van der Waals surface area contributed by atoms with Crippen LogP contribution in [0.5, 0.6) is 0 Å². The number of nitrogens with zero attached hydrogens (tertiary/aromatic N) is 2. The highest BCUT2D eigenvalue weighted by molar-refractivity contribution is 5.73. The largest absolute Gasteiger partial charge is 0.382 e. The smallest absolute Gasteiger partial charge is 0.317 e. The Morgan fingerprint density at radius 2 is 2.35 bits per heavy atom. The normalized spacial score (nSPS) is 16.7. The van der Waals surface area contributed by atoms with Gasteiger partial charge in [-0.3, -0.25) is 0 Å². The van der Waals surface area contributed by atoms with Crippen LogP contribution in [0.3, 0.4) is 0 Å². The number of hydrogen-bond acceptors (Lipinski definition) is 4. The molecular weight excluding hydrogens is 299 g/mol. The van der Waals surface area contributed by atoms with Gasteiger partial charge in [-0.2, -0.15) is 5.26 Å². The van der Waals surface area contributed by atoms with E-state index < -0.39 is 5.82 Å². The number of carbonyl (C=O) groups is 1. The van der Waals surface area contributed by atoms with Crippen LogP contribution in [0.4, 0.5) is 14.9 Å². The molecule has 2 amide bonds. The fourth-order valence-electron chi connectivity index (χ4n) is 2.48. The molecule has 124 valence electrons. The Hall–Kier alpha value is -2.33. The van der Waals surface area contributed by atoms with Crippen molar-refractivity contribution in [2.75, 3.05) is 45.2 Å². The van der Waals surface area contributed by atoms with Crippen molar-refractivity contribution < 1.29 is 13.9 Å². The van der Waals surface area contributed by atoms with E-state index in [-0.39, 0.29) is 11.6 Å². The summed E-state index contributed by atoms with van der Waals surface area (Å²) in [6, 6.07) is 6.09. The minimum Gasteiger partial charge on any atom is -0.382 e. The maximum absolute atomic E-state index is 13.4. The summed E-state index contributed by atoms with van der Waals surface area (Å²) in [4.78, 5) is 13.6. The minimum absolute atomic E-state index is 0.0165. The molecule has 0 aromatic heterocycles. The van der Waals surface area contributed by atoms with Crippen LogP contribution in [0.25, 0.3) is 0 Å². The Morgan fingerprint density at radius 1 is 1.52 bits per heavy atom. The second-order valence-corrected chi connectivity index (χ2v) is 5.54. The lowest BCUT2D eigenvalue weighted by molar-refractivity contribution is 0.171. The highest BCUT2D eigenvalue weighted by Crippen LogP contribution is 2.17. The summed E-state index contributed by atoms with van der Waals surface area (Å²) >= 11 is 0. The molecule has 6 nitrogen and oxygen atoms in total. The van der Waals surface area contributed by atoms with E-state index in [9.17, 15) is 9.18 Å². The summed E-state index contributed by atoms with van der Waals surface area (Å²) in [6.45, 7) is 2.92. The summed E-state index contributed by atoms with van der Waals surface area (Å²) in [5, 5.41) is 14.7. The quantitative estimate of drug-likeness (QED) is 0.783. The number of benzene rings is 1. The molecule has 2 rings (SSSR count). The molecule has 1 aliphatic rings. The van der Waals surface area contributed by atoms with Gasteiger partial charge in [-0.15, -0.1) is 0 Å². The fraction of sp³-hybridized carbons (Fsp3) is 0.500. The molecule has 0 spiro atoms. The third-order valence-corrected chi connectivity index (χ3v) is 3.74. The van der Waals surface area contributed by atoms with E-state index in [4.69, 9.17) is 10.00 Å². The van der Waals surface area contributed by atoms with Crippen molar-refractivity contribution in [2.24, 2.45) is 5.92 Å². The van der Waals surface area contributed by atoms with E-state index >= 15 is 0 Å². The lowest BCUT2D eigenvalue weighted by Gasteiger charge is -2.21. The number of hydrogen-bond donors (Lipinski definition) is 2. The summed E-state index contributed by atoms with van der Waals surface area (Å²) in [6.07, 6.45) is 0.982. The first kappa shape index (κ1) is 17.0. The highest BCUT2D eigenvalue weighted by atomic mass is 19.1. The van der Waals surface area contributed by atoms with Gasteiger partial charge in [0.2, 0.25) is 0 Å². The Labute approximate surface area is 135 Å². The number of nitrogens with one attached hydrogen (secondary N) is 2. The monoisotopic (exact) mass is 320 g/mol. The number of nitriles is 1. The van der Waals surface area contributed by atoms with Crippen molar-refractivity contribution in [1.82, 2.24) is 10.2 Å². The van der Waals surface area contributed by atoms with E-state index in [1.54, 1.807) is 18.0 Å². The molecule has 2 N–H and O–H groups in total. The van der Waals surface area contributed by atoms with Gasteiger partial charge in [0.05, 0.1) is 12.3 Å². The molecule has 0 saturated carbocycles. The topological polar surface area (TPSA) is 77.4 Å². The molecule has 1 atom stereocenters. The Balaban J connectivity index is 1.71. The number of amides is 2. The van der Waals surface area contributed by atoms with Gasteiger partial charge in [0.25, 0.3) is 0 Å². The molecule has 1 unspecified atom stereocenters. The Bertz CT molecular complexity index is 582. The minimum atomic E-state index is -0.556. The number of halogens is 1. The second kappa shape index (κ2) is 8.34. The van der Waals surface area contributed by atoms with Gasteiger partial charge in [0, 0.05) is 39.2 Å². The van der Waals surface area contributed by atoms with Crippen LogP contribution in [0.1, 0.15) is 12.0 Å². The van der Waals surface area contributed by atoms with Gasteiger partial charge in [0.1, 0.15) is 17.4 Å². The number of rotatable bonds is 6. The first-order valence-electron chi connectivity index (χ1n) is 7.61. The molecular formula is C16H21FN4O2. The molecule has 0 radical (unpaired) electrons. The van der Waals surface area contributed by atoms with Gasteiger partial charge in [-0.25, -0.2) is 9.18 Å². The number of urea groups is 1. The fourth-order valence-corrected chi connectivity index (χ4v) is 2.48. The summed E-state index contributed by atoms with van der Waals surface area (Å²) in [5.74, 6) is -0.158. The Morgan fingerprint density at radius 3 is 3.04 bits per heavy atom. The van der Waals surface area contributed by atoms with Crippen molar-refractivity contribution in [3.05, 3.63) is 29.6 Å². The molecule has 1 aromatic rings. The predicted molar refractivity (Wildman–Crippen MR) is 84.6 cm³/mol. The van der Waals surface area contributed by atoms with E-state index in [2.05, 4.69) is 10.6 Å².